The van der Waals surface area contributed by atoms with E-state index in [1.807, 2.05) is 30.6 Å². The molecule has 4 nitrogen and oxygen atoms in total. The molecule has 106 valence electrons. The van der Waals surface area contributed by atoms with Gasteiger partial charge in [0.15, 0.2) is 0 Å². The molecule has 0 radical (unpaired) electrons. The molecule has 0 atom stereocenters. The summed E-state index contributed by atoms with van der Waals surface area (Å²) in [6.07, 6.45) is 3.69. The van der Waals surface area contributed by atoms with Crippen molar-refractivity contribution in [2.24, 2.45) is 0 Å². The standard InChI is InChI=1S/C16H21N3O/c1-11-8-13(20-5)6-7-14(11)12-9-17-15(18-10-12)19-16(2,3)4/h6-10H,1-5H3,(H,17,18,19). The van der Waals surface area contributed by atoms with Gasteiger partial charge in [0.25, 0.3) is 0 Å². The molecule has 1 aromatic carbocycles. The van der Waals surface area contributed by atoms with Crippen LogP contribution in [0.4, 0.5) is 5.95 Å². The van der Waals surface area contributed by atoms with Crippen LogP contribution >= 0.6 is 0 Å². The van der Waals surface area contributed by atoms with Crippen molar-refractivity contribution in [3.05, 3.63) is 36.2 Å². The van der Waals surface area contributed by atoms with Gasteiger partial charge in [-0.15, -0.1) is 0 Å². The number of nitrogens with zero attached hydrogens (tertiary/aromatic N) is 2. The minimum atomic E-state index is -0.0441. The zero-order valence-corrected chi connectivity index (χ0v) is 12.7. The van der Waals surface area contributed by atoms with Crippen LogP contribution < -0.4 is 10.1 Å². The van der Waals surface area contributed by atoms with E-state index < -0.39 is 0 Å². The first-order valence-corrected chi connectivity index (χ1v) is 6.64. The zero-order chi connectivity index (χ0) is 14.8. The Morgan fingerprint density at radius 2 is 1.75 bits per heavy atom. The van der Waals surface area contributed by atoms with Crippen molar-refractivity contribution in [1.29, 1.82) is 0 Å². The molecule has 2 rings (SSSR count). The van der Waals surface area contributed by atoms with Crippen LogP contribution in [0.5, 0.6) is 5.75 Å². The number of hydrogen-bond acceptors (Lipinski definition) is 4. The Kier molecular flexibility index (Phi) is 3.93. The van der Waals surface area contributed by atoms with Crippen molar-refractivity contribution >= 4 is 5.95 Å². The van der Waals surface area contributed by atoms with Gasteiger partial charge in [-0.1, -0.05) is 6.07 Å². The Balaban J connectivity index is 2.26. The highest BCUT2D eigenvalue weighted by atomic mass is 16.5. The van der Waals surface area contributed by atoms with Crippen molar-refractivity contribution in [3.63, 3.8) is 0 Å². The lowest BCUT2D eigenvalue weighted by Gasteiger charge is -2.20. The van der Waals surface area contributed by atoms with Crippen LogP contribution in [0.2, 0.25) is 0 Å². The average molecular weight is 271 g/mol. The summed E-state index contributed by atoms with van der Waals surface area (Å²) in [4.78, 5) is 8.74. The number of rotatable bonds is 3. The van der Waals surface area contributed by atoms with E-state index in [-0.39, 0.29) is 5.54 Å². The smallest absolute Gasteiger partial charge is 0.223 e. The van der Waals surface area contributed by atoms with Gasteiger partial charge in [0, 0.05) is 23.5 Å². The van der Waals surface area contributed by atoms with Crippen LogP contribution in [0, 0.1) is 6.92 Å². The van der Waals surface area contributed by atoms with E-state index in [1.165, 1.54) is 0 Å². The van der Waals surface area contributed by atoms with Gasteiger partial charge in [-0.05, 0) is 51.0 Å². The van der Waals surface area contributed by atoms with Crippen molar-refractivity contribution in [2.75, 3.05) is 12.4 Å². The predicted octanol–water partition coefficient (Wildman–Crippen LogP) is 3.67. The molecule has 0 bridgehead atoms. The third-order valence-electron chi connectivity index (χ3n) is 2.88. The summed E-state index contributed by atoms with van der Waals surface area (Å²) in [5, 5.41) is 3.25. The molecule has 2 aromatic rings. The summed E-state index contributed by atoms with van der Waals surface area (Å²) < 4.78 is 5.22. The Hall–Kier alpha value is -2.10. The summed E-state index contributed by atoms with van der Waals surface area (Å²) in [6.45, 7) is 8.30. The lowest BCUT2D eigenvalue weighted by atomic mass is 10.0. The maximum atomic E-state index is 5.22. The van der Waals surface area contributed by atoms with E-state index in [2.05, 4.69) is 43.0 Å². The molecule has 1 N–H and O–H groups in total. The van der Waals surface area contributed by atoms with Crippen LogP contribution in [0.25, 0.3) is 11.1 Å². The molecule has 0 fully saturated rings. The van der Waals surface area contributed by atoms with E-state index in [0.717, 1.165) is 22.4 Å². The summed E-state index contributed by atoms with van der Waals surface area (Å²) in [5.74, 6) is 1.51. The fraction of sp³-hybridized carbons (Fsp3) is 0.375. The highest BCUT2D eigenvalue weighted by Crippen LogP contribution is 2.26. The number of nitrogens with one attached hydrogen (secondary N) is 1. The lowest BCUT2D eigenvalue weighted by Crippen LogP contribution is -2.27. The number of hydrogen-bond donors (Lipinski definition) is 1. The highest BCUT2D eigenvalue weighted by molar-refractivity contribution is 5.67. The maximum absolute atomic E-state index is 5.22. The van der Waals surface area contributed by atoms with Gasteiger partial charge in [-0.2, -0.15) is 0 Å². The second kappa shape index (κ2) is 5.49. The van der Waals surface area contributed by atoms with Gasteiger partial charge in [-0.3, -0.25) is 0 Å². The van der Waals surface area contributed by atoms with Crippen molar-refractivity contribution < 1.29 is 4.74 Å². The zero-order valence-electron chi connectivity index (χ0n) is 12.7. The van der Waals surface area contributed by atoms with Crippen LogP contribution in [0.3, 0.4) is 0 Å². The predicted molar refractivity (Wildman–Crippen MR) is 82.1 cm³/mol. The summed E-state index contributed by atoms with van der Waals surface area (Å²) in [6, 6.07) is 5.99. The van der Waals surface area contributed by atoms with Gasteiger partial charge in [-0.25, -0.2) is 9.97 Å². The van der Waals surface area contributed by atoms with Gasteiger partial charge >= 0.3 is 0 Å². The molecule has 4 heteroatoms. The molecule has 0 saturated carbocycles. The van der Waals surface area contributed by atoms with Crippen molar-refractivity contribution in [2.45, 2.75) is 33.2 Å². The number of anilines is 1. The van der Waals surface area contributed by atoms with E-state index >= 15 is 0 Å². The van der Waals surface area contributed by atoms with E-state index in [1.54, 1.807) is 7.11 Å². The summed E-state index contributed by atoms with van der Waals surface area (Å²) >= 11 is 0. The van der Waals surface area contributed by atoms with Crippen molar-refractivity contribution in [1.82, 2.24) is 9.97 Å². The molecule has 0 saturated heterocycles. The molecule has 0 amide bonds. The molecular formula is C16H21N3O. The minimum Gasteiger partial charge on any atom is -0.497 e. The number of ether oxygens (including phenoxy) is 1. The molecule has 0 aliphatic heterocycles. The van der Waals surface area contributed by atoms with Gasteiger partial charge in [0.1, 0.15) is 5.75 Å². The van der Waals surface area contributed by atoms with Crippen molar-refractivity contribution in [3.8, 4) is 16.9 Å². The Bertz CT molecular complexity index is 586. The van der Waals surface area contributed by atoms with Gasteiger partial charge < -0.3 is 10.1 Å². The molecule has 0 unspecified atom stereocenters. The first kappa shape index (κ1) is 14.3. The molecule has 0 aliphatic rings. The lowest BCUT2D eigenvalue weighted by molar-refractivity contribution is 0.414. The molecule has 1 aromatic heterocycles. The second-order valence-corrected chi connectivity index (χ2v) is 5.85. The van der Waals surface area contributed by atoms with Crippen LogP contribution in [-0.2, 0) is 0 Å². The minimum absolute atomic E-state index is 0.0441. The monoisotopic (exact) mass is 271 g/mol. The first-order chi connectivity index (χ1) is 9.39. The third kappa shape index (κ3) is 3.47. The fourth-order valence-corrected chi connectivity index (χ4v) is 1.95. The largest absolute Gasteiger partial charge is 0.497 e. The van der Waals surface area contributed by atoms with Gasteiger partial charge in [0.05, 0.1) is 7.11 Å². The molecule has 1 heterocycles. The second-order valence-electron chi connectivity index (χ2n) is 5.85. The topological polar surface area (TPSA) is 47.0 Å². The fourth-order valence-electron chi connectivity index (χ4n) is 1.95. The summed E-state index contributed by atoms with van der Waals surface area (Å²) in [5.41, 5.74) is 3.22. The normalized spacial score (nSPS) is 11.2. The van der Waals surface area contributed by atoms with Crippen LogP contribution in [-0.4, -0.2) is 22.6 Å². The van der Waals surface area contributed by atoms with Crippen LogP contribution in [0.1, 0.15) is 26.3 Å². The van der Waals surface area contributed by atoms with E-state index in [4.69, 9.17) is 4.74 Å². The number of aromatic nitrogens is 2. The Labute approximate surface area is 120 Å². The van der Waals surface area contributed by atoms with Gasteiger partial charge in [0.2, 0.25) is 5.95 Å². The maximum Gasteiger partial charge on any atom is 0.223 e. The molecule has 0 aliphatic carbocycles. The molecule has 0 spiro atoms. The van der Waals surface area contributed by atoms with E-state index in [9.17, 15) is 0 Å². The third-order valence-corrected chi connectivity index (χ3v) is 2.88. The number of benzene rings is 1. The summed E-state index contributed by atoms with van der Waals surface area (Å²) in [7, 11) is 1.67. The first-order valence-electron chi connectivity index (χ1n) is 6.64. The Morgan fingerprint density at radius 3 is 2.25 bits per heavy atom. The SMILES string of the molecule is COc1ccc(-c2cnc(NC(C)(C)C)nc2)c(C)c1. The van der Waals surface area contributed by atoms with E-state index in [0.29, 0.717) is 5.95 Å². The number of methoxy groups -OCH3 is 1. The molecule has 20 heavy (non-hydrogen) atoms. The average Bonchev–Trinajstić information content (AvgIpc) is 2.38. The molecular weight excluding hydrogens is 250 g/mol. The Morgan fingerprint density at radius 1 is 1.10 bits per heavy atom. The quantitative estimate of drug-likeness (QED) is 0.925. The highest BCUT2D eigenvalue weighted by Gasteiger charge is 2.11. The number of aryl methyl sites for hydroxylation is 1. The van der Waals surface area contributed by atoms with Crippen LogP contribution in [0.15, 0.2) is 30.6 Å².